The maximum Gasteiger partial charge on any atom is 0.459 e. The van der Waals surface area contributed by atoms with E-state index in [1.807, 2.05) is 25.1 Å². The van der Waals surface area contributed by atoms with Crippen molar-refractivity contribution in [3.63, 3.8) is 0 Å². The number of hydrogen-bond acceptors (Lipinski definition) is 4. The number of benzene rings is 1. The number of hydrogen-bond donors (Lipinski definition) is 1. The Labute approximate surface area is 135 Å². The summed E-state index contributed by atoms with van der Waals surface area (Å²) in [5.74, 6) is 0.529. The lowest BCUT2D eigenvalue weighted by atomic mass is 10.2. The minimum atomic E-state index is -3.46. The highest BCUT2D eigenvalue weighted by Gasteiger charge is 2.26. The van der Waals surface area contributed by atoms with E-state index < -0.39 is 7.75 Å². The lowest BCUT2D eigenvalue weighted by molar-refractivity contribution is 0.268. The summed E-state index contributed by atoms with van der Waals surface area (Å²) in [4.78, 5) is 3.98. The molecule has 0 aliphatic carbocycles. The summed E-state index contributed by atoms with van der Waals surface area (Å²) in [7, 11) is -3.46. The Kier molecular flexibility index (Phi) is 5.98. The van der Waals surface area contributed by atoms with Gasteiger partial charge in [-0.15, -0.1) is 0 Å². The molecule has 1 aromatic heterocycles. The van der Waals surface area contributed by atoms with Crippen molar-refractivity contribution in [2.45, 2.75) is 20.4 Å². The zero-order chi connectivity index (χ0) is 16.0. The SMILES string of the molecule is CCOP(=O)(NCc1ccc(Cl)nc1)Oc1ccccc1C. The van der Waals surface area contributed by atoms with Crippen LogP contribution in [0.3, 0.4) is 0 Å². The molecule has 1 aromatic carbocycles. The summed E-state index contributed by atoms with van der Waals surface area (Å²) in [6, 6.07) is 10.8. The molecule has 0 fully saturated rings. The Balaban J connectivity index is 2.09. The number of nitrogens with zero attached hydrogens (tertiary/aromatic N) is 1. The molecule has 0 amide bonds. The van der Waals surface area contributed by atoms with Crippen LogP contribution in [0.4, 0.5) is 0 Å². The summed E-state index contributed by atoms with van der Waals surface area (Å²) in [5.41, 5.74) is 1.72. The summed E-state index contributed by atoms with van der Waals surface area (Å²) < 4.78 is 23.7. The van der Waals surface area contributed by atoms with Gasteiger partial charge in [-0.25, -0.2) is 14.6 Å². The summed E-state index contributed by atoms with van der Waals surface area (Å²) in [6.07, 6.45) is 1.61. The van der Waals surface area contributed by atoms with Gasteiger partial charge in [0, 0.05) is 12.7 Å². The van der Waals surface area contributed by atoms with Crippen LogP contribution in [0.1, 0.15) is 18.1 Å². The molecule has 0 bridgehead atoms. The number of halogens is 1. The first-order chi connectivity index (χ1) is 10.5. The maximum atomic E-state index is 12.8. The lowest BCUT2D eigenvalue weighted by Crippen LogP contribution is -2.17. The largest absolute Gasteiger partial charge is 0.459 e. The first-order valence-electron chi connectivity index (χ1n) is 6.88. The number of nitrogens with one attached hydrogen (secondary N) is 1. The van der Waals surface area contributed by atoms with Crippen LogP contribution in [0.2, 0.25) is 5.15 Å². The zero-order valence-electron chi connectivity index (χ0n) is 12.5. The van der Waals surface area contributed by atoms with Crippen LogP contribution in [0, 0.1) is 6.92 Å². The molecule has 0 aliphatic heterocycles. The molecule has 1 heterocycles. The van der Waals surface area contributed by atoms with Crippen molar-refractivity contribution in [2.24, 2.45) is 0 Å². The van der Waals surface area contributed by atoms with Gasteiger partial charge in [0.2, 0.25) is 0 Å². The van der Waals surface area contributed by atoms with E-state index >= 15 is 0 Å². The highest BCUT2D eigenvalue weighted by Crippen LogP contribution is 2.45. The van der Waals surface area contributed by atoms with Gasteiger partial charge in [0.1, 0.15) is 10.9 Å². The van der Waals surface area contributed by atoms with Crippen LogP contribution in [0.15, 0.2) is 42.6 Å². The van der Waals surface area contributed by atoms with Crippen molar-refractivity contribution < 1.29 is 13.6 Å². The zero-order valence-corrected chi connectivity index (χ0v) is 14.1. The van der Waals surface area contributed by atoms with Crippen molar-refractivity contribution in [1.82, 2.24) is 10.1 Å². The third kappa shape index (κ3) is 4.82. The quantitative estimate of drug-likeness (QED) is 0.599. The van der Waals surface area contributed by atoms with Crippen LogP contribution >= 0.6 is 19.3 Å². The predicted molar refractivity (Wildman–Crippen MR) is 87.1 cm³/mol. The molecule has 5 nitrogen and oxygen atoms in total. The fourth-order valence-electron chi connectivity index (χ4n) is 1.76. The lowest BCUT2D eigenvalue weighted by Gasteiger charge is -2.20. The molecule has 118 valence electrons. The molecule has 2 aromatic rings. The Morgan fingerprint density at radius 2 is 2.05 bits per heavy atom. The van der Waals surface area contributed by atoms with Crippen LogP contribution in [0.25, 0.3) is 0 Å². The number of para-hydroxylation sites is 1. The van der Waals surface area contributed by atoms with E-state index in [4.69, 9.17) is 20.6 Å². The highest BCUT2D eigenvalue weighted by molar-refractivity contribution is 7.52. The third-order valence-electron chi connectivity index (χ3n) is 2.88. The first kappa shape index (κ1) is 17.0. The maximum absolute atomic E-state index is 12.8. The van der Waals surface area contributed by atoms with Gasteiger partial charge in [-0.3, -0.25) is 4.52 Å². The predicted octanol–water partition coefficient (Wildman–Crippen LogP) is 4.36. The smallest absolute Gasteiger partial charge is 0.413 e. The van der Waals surface area contributed by atoms with Gasteiger partial charge in [-0.2, -0.15) is 0 Å². The van der Waals surface area contributed by atoms with Gasteiger partial charge in [0.15, 0.2) is 0 Å². The molecule has 0 radical (unpaired) electrons. The van der Waals surface area contributed by atoms with Gasteiger partial charge < -0.3 is 4.52 Å². The van der Waals surface area contributed by atoms with Crippen molar-refractivity contribution in [3.8, 4) is 5.75 Å². The molecule has 0 saturated heterocycles. The standard InChI is InChI=1S/C15H18ClN2O3P/c1-3-20-22(19,21-14-7-5-4-6-12(14)2)18-11-13-8-9-15(16)17-10-13/h4-10H,3,11H2,1-2H3,(H,18,19). The van der Waals surface area contributed by atoms with Gasteiger partial charge in [-0.05, 0) is 37.1 Å². The molecule has 0 aliphatic rings. The Hall–Kier alpha value is -1.39. The minimum Gasteiger partial charge on any atom is -0.413 e. The molecule has 1 unspecified atom stereocenters. The normalized spacial score (nSPS) is 13.6. The van der Waals surface area contributed by atoms with Crippen LogP contribution in [-0.4, -0.2) is 11.6 Å². The van der Waals surface area contributed by atoms with E-state index in [-0.39, 0.29) is 6.61 Å². The molecule has 1 N–H and O–H groups in total. The monoisotopic (exact) mass is 340 g/mol. The minimum absolute atomic E-state index is 0.273. The van der Waals surface area contributed by atoms with Crippen LogP contribution in [-0.2, 0) is 15.6 Å². The molecule has 7 heteroatoms. The van der Waals surface area contributed by atoms with Crippen molar-refractivity contribution >= 4 is 19.3 Å². The first-order valence-corrected chi connectivity index (χ1v) is 8.80. The van der Waals surface area contributed by atoms with Gasteiger partial charge in [0.05, 0.1) is 6.61 Å². The van der Waals surface area contributed by atoms with E-state index in [0.717, 1.165) is 11.1 Å². The van der Waals surface area contributed by atoms with E-state index in [0.29, 0.717) is 17.4 Å². The fraction of sp³-hybridized carbons (Fsp3) is 0.267. The van der Waals surface area contributed by atoms with Gasteiger partial charge >= 0.3 is 7.75 Å². The number of aryl methyl sites for hydroxylation is 1. The highest BCUT2D eigenvalue weighted by atomic mass is 35.5. The molecule has 2 rings (SSSR count). The summed E-state index contributed by atoms with van der Waals surface area (Å²) in [6.45, 7) is 4.22. The average molecular weight is 341 g/mol. The van der Waals surface area contributed by atoms with E-state index in [1.54, 1.807) is 31.3 Å². The third-order valence-corrected chi connectivity index (χ3v) is 4.68. The van der Waals surface area contributed by atoms with Crippen LogP contribution in [0.5, 0.6) is 5.75 Å². The molecule has 1 atom stereocenters. The van der Waals surface area contributed by atoms with E-state index in [1.165, 1.54) is 0 Å². The topological polar surface area (TPSA) is 60.5 Å². The summed E-state index contributed by atoms with van der Waals surface area (Å²) in [5, 5.41) is 3.25. The van der Waals surface area contributed by atoms with Crippen molar-refractivity contribution in [3.05, 3.63) is 58.9 Å². The number of pyridine rings is 1. The second-order valence-corrected chi connectivity index (χ2v) is 6.74. The molecular weight excluding hydrogens is 323 g/mol. The molecule has 22 heavy (non-hydrogen) atoms. The Bertz CT molecular complexity index is 664. The van der Waals surface area contributed by atoms with E-state index in [9.17, 15) is 4.57 Å². The second kappa shape index (κ2) is 7.75. The second-order valence-electron chi connectivity index (χ2n) is 4.60. The average Bonchev–Trinajstić information content (AvgIpc) is 2.50. The number of rotatable bonds is 7. The van der Waals surface area contributed by atoms with Gasteiger partial charge in [0.25, 0.3) is 0 Å². The van der Waals surface area contributed by atoms with Crippen molar-refractivity contribution in [1.29, 1.82) is 0 Å². The molecular formula is C15H18ClN2O3P. The Morgan fingerprint density at radius 1 is 1.27 bits per heavy atom. The van der Waals surface area contributed by atoms with Crippen molar-refractivity contribution in [2.75, 3.05) is 6.61 Å². The van der Waals surface area contributed by atoms with Crippen LogP contribution < -0.4 is 9.61 Å². The van der Waals surface area contributed by atoms with Gasteiger partial charge in [-0.1, -0.05) is 35.9 Å². The Morgan fingerprint density at radius 3 is 2.68 bits per heavy atom. The van der Waals surface area contributed by atoms with E-state index in [2.05, 4.69) is 10.1 Å². The molecule has 0 saturated carbocycles. The number of aromatic nitrogens is 1. The summed E-state index contributed by atoms with van der Waals surface area (Å²) >= 11 is 5.74. The molecule has 0 spiro atoms. The fourth-order valence-corrected chi connectivity index (χ4v) is 3.26.